The van der Waals surface area contributed by atoms with Crippen molar-refractivity contribution in [2.75, 3.05) is 0 Å². The monoisotopic (exact) mass is 283 g/mol. The second-order valence-electron chi connectivity index (χ2n) is 4.76. The van der Waals surface area contributed by atoms with Crippen LogP contribution in [0.25, 0.3) is 11.1 Å². The summed E-state index contributed by atoms with van der Waals surface area (Å²) in [7, 11) is 0. The van der Waals surface area contributed by atoms with Gasteiger partial charge in [0.1, 0.15) is 0 Å². The molecule has 0 aliphatic rings. The van der Waals surface area contributed by atoms with E-state index in [1.165, 1.54) is 0 Å². The Morgan fingerprint density at radius 2 is 1.86 bits per heavy atom. The molecule has 21 heavy (non-hydrogen) atoms. The maximum absolute atomic E-state index is 10.8. The summed E-state index contributed by atoms with van der Waals surface area (Å²) in [6.45, 7) is 3.63. The molecular formula is C16H17N3O2. The zero-order valence-electron chi connectivity index (χ0n) is 12.1. The van der Waals surface area contributed by atoms with E-state index in [9.17, 15) is 10.1 Å². The highest BCUT2D eigenvalue weighted by Crippen LogP contribution is 2.27. The fourth-order valence-corrected chi connectivity index (χ4v) is 1.93. The first-order valence-electron chi connectivity index (χ1n) is 6.82. The highest BCUT2D eigenvalue weighted by atomic mass is 16.6. The van der Waals surface area contributed by atoms with Crippen LogP contribution in [0.4, 0.5) is 5.69 Å². The fourth-order valence-electron chi connectivity index (χ4n) is 1.93. The Morgan fingerprint density at radius 1 is 1.14 bits per heavy atom. The van der Waals surface area contributed by atoms with Crippen molar-refractivity contribution in [2.24, 2.45) is 10.2 Å². The number of nitro groups is 1. The average Bonchev–Trinajstić information content (AvgIpc) is 2.50. The molecule has 1 unspecified atom stereocenters. The van der Waals surface area contributed by atoms with Gasteiger partial charge in [0.25, 0.3) is 0 Å². The Labute approximate surface area is 123 Å². The summed E-state index contributed by atoms with van der Waals surface area (Å²) >= 11 is 0. The smallest absolute Gasteiger partial charge is 0.262 e. The molecule has 2 aromatic rings. The van der Waals surface area contributed by atoms with Crippen LogP contribution >= 0.6 is 0 Å². The summed E-state index contributed by atoms with van der Waals surface area (Å²) < 4.78 is 0. The predicted molar refractivity (Wildman–Crippen MR) is 82.2 cm³/mol. The molecule has 0 spiro atoms. The van der Waals surface area contributed by atoms with Crippen LogP contribution in [0.15, 0.2) is 58.8 Å². The largest absolute Gasteiger partial charge is 0.320 e. The van der Waals surface area contributed by atoms with E-state index in [2.05, 4.69) is 10.2 Å². The van der Waals surface area contributed by atoms with Crippen molar-refractivity contribution in [3.05, 3.63) is 64.2 Å². The number of hydrogen-bond donors (Lipinski definition) is 0. The normalized spacial score (nSPS) is 12.5. The molecule has 108 valence electrons. The fraction of sp³-hybridized carbons (Fsp3) is 0.250. The van der Waals surface area contributed by atoms with E-state index in [0.29, 0.717) is 12.1 Å². The number of hydrogen-bond acceptors (Lipinski definition) is 4. The zero-order valence-corrected chi connectivity index (χ0v) is 12.1. The van der Waals surface area contributed by atoms with E-state index in [1.54, 1.807) is 6.92 Å². The molecule has 0 aliphatic heterocycles. The van der Waals surface area contributed by atoms with Gasteiger partial charge in [-0.2, -0.15) is 0 Å². The van der Waals surface area contributed by atoms with Crippen LogP contribution in [0.3, 0.4) is 0 Å². The Kier molecular flexibility index (Phi) is 4.77. The van der Waals surface area contributed by atoms with Crippen molar-refractivity contribution in [1.82, 2.24) is 0 Å². The molecule has 5 heteroatoms. The molecule has 0 heterocycles. The summed E-state index contributed by atoms with van der Waals surface area (Å²) in [4.78, 5) is 10.4. The molecule has 1 atom stereocenters. The summed E-state index contributed by atoms with van der Waals surface area (Å²) in [5.74, 6) is 0. The van der Waals surface area contributed by atoms with Gasteiger partial charge in [-0.1, -0.05) is 49.4 Å². The number of benzene rings is 2. The van der Waals surface area contributed by atoms with E-state index >= 15 is 0 Å². The van der Waals surface area contributed by atoms with Crippen molar-refractivity contribution < 1.29 is 4.92 Å². The third-order valence-electron chi connectivity index (χ3n) is 3.22. The Hall–Kier alpha value is -2.56. The first kappa shape index (κ1) is 14.8. The molecule has 2 aromatic carbocycles. The van der Waals surface area contributed by atoms with Gasteiger partial charge in [-0.05, 0) is 29.7 Å². The van der Waals surface area contributed by atoms with Gasteiger partial charge >= 0.3 is 6.17 Å². The summed E-state index contributed by atoms with van der Waals surface area (Å²) in [5, 5.41) is 18.7. The quantitative estimate of drug-likeness (QED) is 0.451. The Bertz CT molecular complexity index is 654. The van der Waals surface area contributed by atoms with E-state index in [1.807, 2.05) is 55.5 Å². The van der Waals surface area contributed by atoms with Crippen LogP contribution in [0.2, 0.25) is 0 Å². The molecular weight excluding hydrogens is 266 g/mol. The molecule has 0 saturated heterocycles. The number of aryl methyl sites for hydroxylation is 1. The van der Waals surface area contributed by atoms with Crippen LogP contribution in [-0.4, -0.2) is 11.1 Å². The highest BCUT2D eigenvalue weighted by Gasteiger charge is 2.15. The number of rotatable bonds is 5. The molecule has 5 nitrogen and oxygen atoms in total. The lowest BCUT2D eigenvalue weighted by molar-refractivity contribution is -0.521. The van der Waals surface area contributed by atoms with Crippen LogP contribution < -0.4 is 0 Å². The molecule has 0 aromatic heterocycles. The summed E-state index contributed by atoms with van der Waals surface area (Å²) in [5.41, 5.74) is 3.70. The minimum atomic E-state index is -0.982. The van der Waals surface area contributed by atoms with Gasteiger partial charge in [0, 0.05) is 11.3 Å². The third-order valence-corrected chi connectivity index (χ3v) is 3.22. The van der Waals surface area contributed by atoms with E-state index in [0.717, 1.165) is 16.7 Å². The molecule has 0 bridgehead atoms. The lowest BCUT2D eigenvalue weighted by atomic mass is 10.0. The molecule has 0 N–H and O–H groups in total. The van der Waals surface area contributed by atoms with Gasteiger partial charge in [0.15, 0.2) is 0 Å². The van der Waals surface area contributed by atoms with Crippen LogP contribution in [-0.2, 0) is 0 Å². The lowest BCUT2D eigenvalue weighted by Gasteiger charge is -2.05. The molecule has 0 aliphatic carbocycles. The molecule has 2 rings (SSSR count). The van der Waals surface area contributed by atoms with Gasteiger partial charge in [-0.15, -0.1) is 10.2 Å². The van der Waals surface area contributed by atoms with Crippen molar-refractivity contribution >= 4 is 5.69 Å². The van der Waals surface area contributed by atoms with Crippen molar-refractivity contribution in [2.45, 2.75) is 26.4 Å². The van der Waals surface area contributed by atoms with Gasteiger partial charge in [0.2, 0.25) is 0 Å². The first-order valence-corrected chi connectivity index (χ1v) is 6.82. The number of azo groups is 1. The second kappa shape index (κ2) is 6.74. The van der Waals surface area contributed by atoms with Crippen LogP contribution in [0.1, 0.15) is 18.9 Å². The third kappa shape index (κ3) is 3.72. The topological polar surface area (TPSA) is 67.9 Å². The first-order chi connectivity index (χ1) is 10.1. The van der Waals surface area contributed by atoms with E-state index in [4.69, 9.17) is 0 Å². The SMILES string of the molecule is CCC(N=Nc1cc(-c2ccccc2)ccc1C)[N+](=O)[O-]. The van der Waals surface area contributed by atoms with Crippen molar-refractivity contribution in [1.29, 1.82) is 0 Å². The van der Waals surface area contributed by atoms with Crippen molar-refractivity contribution in [3.8, 4) is 11.1 Å². The van der Waals surface area contributed by atoms with Gasteiger partial charge < -0.3 is 0 Å². The zero-order chi connectivity index (χ0) is 15.2. The van der Waals surface area contributed by atoms with Crippen LogP contribution in [0, 0.1) is 17.0 Å². The Morgan fingerprint density at radius 3 is 2.48 bits per heavy atom. The standard InChI is InChI=1S/C16H17N3O2/c1-3-16(19(20)21)18-17-15-11-14(10-9-12(15)2)13-7-5-4-6-8-13/h4-11,16H,3H2,1-2H3. The molecule has 0 amide bonds. The molecule has 0 radical (unpaired) electrons. The second-order valence-corrected chi connectivity index (χ2v) is 4.76. The van der Waals surface area contributed by atoms with Gasteiger partial charge in [-0.3, -0.25) is 10.1 Å². The van der Waals surface area contributed by atoms with Crippen molar-refractivity contribution in [3.63, 3.8) is 0 Å². The summed E-state index contributed by atoms with van der Waals surface area (Å²) in [6.07, 6.45) is -0.654. The van der Waals surface area contributed by atoms with E-state index < -0.39 is 11.1 Å². The highest BCUT2D eigenvalue weighted by molar-refractivity contribution is 5.68. The molecule has 0 saturated carbocycles. The van der Waals surface area contributed by atoms with Gasteiger partial charge in [-0.25, -0.2) is 0 Å². The Balaban J connectivity index is 2.32. The number of nitrogens with zero attached hydrogens (tertiary/aromatic N) is 3. The minimum absolute atomic E-state index is 0.327. The van der Waals surface area contributed by atoms with Crippen LogP contribution in [0.5, 0.6) is 0 Å². The minimum Gasteiger partial charge on any atom is -0.262 e. The maximum atomic E-state index is 10.8. The van der Waals surface area contributed by atoms with E-state index in [-0.39, 0.29) is 0 Å². The van der Waals surface area contributed by atoms with Gasteiger partial charge in [0.05, 0.1) is 5.69 Å². The summed E-state index contributed by atoms with van der Waals surface area (Å²) in [6, 6.07) is 15.8. The molecule has 0 fully saturated rings. The predicted octanol–water partition coefficient (Wildman–Crippen LogP) is 4.76. The lowest BCUT2D eigenvalue weighted by Crippen LogP contribution is -2.14. The average molecular weight is 283 g/mol. The maximum Gasteiger partial charge on any atom is 0.320 e.